The van der Waals surface area contributed by atoms with Crippen molar-refractivity contribution >= 4 is 25.8 Å². The molecule has 0 aromatic rings. The minimum absolute atomic E-state index is 0.0840. The first-order valence-electron chi connectivity index (χ1n) is 6.13. The van der Waals surface area contributed by atoms with E-state index in [0.29, 0.717) is 16.7 Å². The predicted molar refractivity (Wildman–Crippen MR) is 72.8 cm³/mol. The lowest BCUT2D eigenvalue weighted by atomic mass is 9.79. The molecule has 1 saturated carbocycles. The molecule has 1 rings (SSSR count). The zero-order valence-corrected chi connectivity index (χ0v) is 12.9. The van der Waals surface area contributed by atoms with Crippen molar-refractivity contribution in [1.82, 2.24) is 0 Å². The molecule has 0 spiro atoms. The van der Waals surface area contributed by atoms with Crippen molar-refractivity contribution in [2.45, 2.75) is 56.0 Å². The van der Waals surface area contributed by atoms with Gasteiger partial charge in [0.2, 0.25) is 0 Å². The third kappa shape index (κ3) is 4.36. The van der Waals surface area contributed by atoms with Gasteiger partial charge >= 0.3 is 0 Å². The first-order valence-corrected chi connectivity index (χ1v) is 9.00. The summed E-state index contributed by atoms with van der Waals surface area (Å²) in [5.41, 5.74) is 0. The minimum atomic E-state index is -2.83. The third-order valence-electron chi connectivity index (χ3n) is 3.77. The Bertz CT molecular complexity index is 311. The van der Waals surface area contributed by atoms with Crippen molar-refractivity contribution in [1.29, 1.82) is 0 Å². The zero-order chi connectivity index (χ0) is 12.3. The third-order valence-corrected chi connectivity index (χ3v) is 5.79. The lowest BCUT2D eigenvalue weighted by molar-refractivity contribution is 0.254. The van der Waals surface area contributed by atoms with E-state index >= 15 is 0 Å². The van der Waals surface area contributed by atoms with Crippen LogP contribution in [-0.2, 0) is 9.84 Å². The summed E-state index contributed by atoms with van der Waals surface area (Å²) >= 11 is 3.58. The van der Waals surface area contributed by atoms with Crippen LogP contribution in [0, 0.1) is 11.8 Å². The number of sulfone groups is 1. The Morgan fingerprint density at radius 1 is 1.31 bits per heavy atom. The summed E-state index contributed by atoms with van der Waals surface area (Å²) in [6, 6.07) is 0. The number of alkyl halides is 1. The van der Waals surface area contributed by atoms with Crippen LogP contribution in [0.25, 0.3) is 0 Å². The van der Waals surface area contributed by atoms with E-state index in [1.54, 1.807) is 0 Å². The van der Waals surface area contributed by atoms with Crippen molar-refractivity contribution in [3.8, 4) is 0 Å². The fourth-order valence-corrected chi connectivity index (χ4v) is 4.57. The predicted octanol–water partition coefficient (Wildman–Crippen LogP) is 3.40. The molecule has 4 atom stereocenters. The standard InChI is InChI=1S/C12H23BrO2S/c1-9(7-10(2)13)11-5-4-6-12(8-11)16(3,14)15/h9-12H,4-8H2,1-3H3. The maximum Gasteiger partial charge on any atom is 0.150 e. The molecule has 0 amide bonds. The van der Waals surface area contributed by atoms with Crippen molar-refractivity contribution in [3.63, 3.8) is 0 Å². The summed E-state index contributed by atoms with van der Waals surface area (Å²) < 4.78 is 23.1. The van der Waals surface area contributed by atoms with Gasteiger partial charge in [0.25, 0.3) is 0 Å². The molecule has 1 aliphatic carbocycles. The Kier molecular flexibility index (Phi) is 5.30. The summed E-state index contributed by atoms with van der Waals surface area (Å²) in [5.74, 6) is 1.22. The van der Waals surface area contributed by atoms with Crippen molar-refractivity contribution in [2.75, 3.05) is 6.26 Å². The minimum Gasteiger partial charge on any atom is -0.229 e. The quantitative estimate of drug-likeness (QED) is 0.746. The topological polar surface area (TPSA) is 34.1 Å². The molecule has 0 saturated heterocycles. The average Bonchev–Trinajstić information content (AvgIpc) is 2.15. The van der Waals surface area contributed by atoms with E-state index in [9.17, 15) is 8.42 Å². The molecule has 0 heterocycles. The number of rotatable bonds is 4. The molecule has 1 aliphatic rings. The van der Waals surface area contributed by atoms with E-state index < -0.39 is 9.84 Å². The van der Waals surface area contributed by atoms with Gasteiger partial charge in [-0.1, -0.05) is 42.6 Å². The van der Waals surface area contributed by atoms with Crippen LogP contribution in [-0.4, -0.2) is 24.8 Å². The highest BCUT2D eigenvalue weighted by atomic mass is 79.9. The van der Waals surface area contributed by atoms with Gasteiger partial charge in [-0.05, 0) is 31.1 Å². The van der Waals surface area contributed by atoms with Crippen molar-refractivity contribution in [3.05, 3.63) is 0 Å². The highest BCUT2D eigenvalue weighted by Crippen LogP contribution is 2.35. The molecule has 96 valence electrons. The number of hydrogen-bond donors (Lipinski definition) is 0. The first-order chi connectivity index (χ1) is 7.30. The molecular weight excluding hydrogens is 288 g/mol. The van der Waals surface area contributed by atoms with E-state index in [2.05, 4.69) is 29.8 Å². The second kappa shape index (κ2) is 5.85. The summed E-state index contributed by atoms with van der Waals surface area (Å²) in [7, 11) is -2.83. The SMILES string of the molecule is CC(Br)CC(C)C1CCCC(S(C)(=O)=O)C1. The Morgan fingerprint density at radius 3 is 2.44 bits per heavy atom. The average molecular weight is 311 g/mol. The fourth-order valence-electron chi connectivity index (χ4n) is 2.79. The van der Waals surface area contributed by atoms with Crippen LogP contribution in [0.4, 0.5) is 0 Å². The Labute approximate surface area is 108 Å². The van der Waals surface area contributed by atoms with Gasteiger partial charge in [0.15, 0.2) is 0 Å². The lowest BCUT2D eigenvalue weighted by Gasteiger charge is -2.32. The van der Waals surface area contributed by atoms with Gasteiger partial charge in [0.05, 0.1) is 5.25 Å². The highest BCUT2D eigenvalue weighted by molar-refractivity contribution is 9.09. The molecule has 0 radical (unpaired) electrons. The molecule has 0 aromatic carbocycles. The molecule has 2 nitrogen and oxygen atoms in total. The Morgan fingerprint density at radius 2 is 1.94 bits per heavy atom. The Hall–Kier alpha value is 0.430. The highest BCUT2D eigenvalue weighted by Gasteiger charge is 2.31. The molecule has 4 heteroatoms. The van der Waals surface area contributed by atoms with Crippen LogP contribution in [0.1, 0.15) is 46.0 Å². The van der Waals surface area contributed by atoms with E-state index in [-0.39, 0.29) is 5.25 Å². The molecule has 1 fully saturated rings. The lowest BCUT2D eigenvalue weighted by Crippen LogP contribution is -2.30. The van der Waals surface area contributed by atoms with Crippen LogP contribution in [0.15, 0.2) is 0 Å². The van der Waals surface area contributed by atoms with Crippen LogP contribution in [0.3, 0.4) is 0 Å². The fraction of sp³-hybridized carbons (Fsp3) is 1.00. The summed E-state index contributed by atoms with van der Waals surface area (Å²) in [4.78, 5) is 0.529. The summed E-state index contributed by atoms with van der Waals surface area (Å²) in [5, 5.41) is -0.0840. The van der Waals surface area contributed by atoms with Gasteiger partial charge in [0, 0.05) is 11.1 Å². The maximum absolute atomic E-state index is 11.6. The van der Waals surface area contributed by atoms with E-state index in [1.165, 1.54) is 12.7 Å². The second-order valence-corrected chi connectivity index (χ2v) is 9.26. The first kappa shape index (κ1) is 14.5. The van der Waals surface area contributed by atoms with Crippen molar-refractivity contribution in [2.24, 2.45) is 11.8 Å². The van der Waals surface area contributed by atoms with Gasteiger partial charge < -0.3 is 0 Å². The van der Waals surface area contributed by atoms with Gasteiger partial charge in [-0.15, -0.1) is 0 Å². The van der Waals surface area contributed by atoms with Crippen LogP contribution in [0.5, 0.6) is 0 Å². The number of halogens is 1. The van der Waals surface area contributed by atoms with E-state index in [1.807, 2.05) is 0 Å². The summed E-state index contributed by atoms with van der Waals surface area (Å²) in [6.45, 7) is 4.42. The number of hydrogen-bond acceptors (Lipinski definition) is 2. The molecule has 0 bridgehead atoms. The van der Waals surface area contributed by atoms with Crippen LogP contribution in [0.2, 0.25) is 0 Å². The molecular formula is C12H23BrO2S. The largest absolute Gasteiger partial charge is 0.229 e. The maximum atomic E-state index is 11.6. The smallest absolute Gasteiger partial charge is 0.150 e. The molecule has 4 unspecified atom stereocenters. The molecule has 0 aromatic heterocycles. The second-order valence-electron chi connectivity index (χ2n) is 5.37. The monoisotopic (exact) mass is 310 g/mol. The van der Waals surface area contributed by atoms with Crippen LogP contribution < -0.4 is 0 Å². The van der Waals surface area contributed by atoms with Crippen LogP contribution >= 0.6 is 15.9 Å². The zero-order valence-electron chi connectivity index (χ0n) is 10.4. The molecule has 16 heavy (non-hydrogen) atoms. The van der Waals surface area contributed by atoms with Gasteiger partial charge in [0.1, 0.15) is 9.84 Å². The molecule has 0 aliphatic heterocycles. The summed E-state index contributed by atoms with van der Waals surface area (Å²) in [6.07, 6.45) is 6.54. The van der Waals surface area contributed by atoms with Crippen molar-refractivity contribution < 1.29 is 8.42 Å². The van der Waals surface area contributed by atoms with Gasteiger partial charge in [-0.2, -0.15) is 0 Å². The van der Waals surface area contributed by atoms with Gasteiger partial charge in [-0.25, -0.2) is 8.42 Å². The van der Waals surface area contributed by atoms with E-state index in [0.717, 1.165) is 25.7 Å². The van der Waals surface area contributed by atoms with Gasteiger partial charge in [-0.3, -0.25) is 0 Å². The Balaban J connectivity index is 2.57. The molecule has 0 N–H and O–H groups in total. The van der Waals surface area contributed by atoms with E-state index in [4.69, 9.17) is 0 Å². The normalized spacial score (nSPS) is 31.0.